The predicted molar refractivity (Wildman–Crippen MR) is 130 cm³/mol. The van der Waals surface area contributed by atoms with Gasteiger partial charge in [-0.25, -0.2) is 9.18 Å². The number of amides is 2. The number of rotatable bonds is 6. The SMILES string of the molecule is O=C(Nc1ccccc1F)NC(Cc1ccccc1)(c1cccc(C(F)(F)F)c1)c1ccc(Cl)cn1. The minimum absolute atomic E-state index is 0.0501. The van der Waals surface area contributed by atoms with E-state index >= 15 is 0 Å². The maximum atomic E-state index is 14.2. The summed E-state index contributed by atoms with van der Waals surface area (Å²) >= 11 is 6.03. The zero-order chi connectivity index (χ0) is 25.8. The van der Waals surface area contributed by atoms with Crippen molar-refractivity contribution < 1.29 is 22.4 Å². The Hall–Kier alpha value is -3.91. The van der Waals surface area contributed by atoms with Crippen LogP contribution in [-0.4, -0.2) is 11.0 Å². The Labute approximate surface area is 210 Å². The summed E-state index contributed by atoms with van der Waals surface area (Å²) in [7, 11) is 0. The first-order chi connectivity index (χ1) is 17.2. The van der Waals surface area contributed by atoms with E-state index in [0.717, 1.165) is 17.7 Å². The minimum Gasteiger partial charge on any atom is -0.322 e. The van der Waals surface area contributed by atoms with E-state index < -0.39 is 29.1 Å². The van der Waals surface area contributed by atoms with Crippen molar-refractivity contribution in [1.29, 1.82) is 0 Å². The van der Waals surface area contributed by atoms with E-state index in [-0.39, 0.29) is 23.4 Å². The van der Waals surface area contributed by atoms with Crippen molar-refractivity contribution in [3.8, 4) is 0 Å². The summed E-state index contributed by atoms with van der Waals surface area (Å²) in [5, 5.41) is 5.55. The molecule has 0 radical (unpaired) electrons. The third-order valence-corrected chi connectivity index (χ3v) is 5.83. The first-order valence-corrected chi connectivity index (χ1v) is 11.2. The summed E-state index contributed by atoms with van der Waals surface area (Å²) in [5.41, 5.74) is -1.43. The van der Waals surface area contributed by atoms with Crippen LogP contribution in [0.4, 0.5) is 28.0 Å². The van der Waals surface area contributed by atoms with Crippen LogP contribution in [0.3, 0.4) is 0 Å². The molecule has 1 atom stereocenters. The quantitative estimate of drug-likeness (QED) is 0.268. The number of nitrogens with one attached hydrogen (secondary N) is 2. The van der Waals surface area contributed by atoms with Crippen molar-refractivity contribution in [3.05, 3.63) is 130 Å². The number of carbonyl (C=O) groups excluding carboxylic acids is 1. The molecule has 2 amide bonds. The maximum absolute atomic E-state index is 14.2. The summed E-state index contributed by atoms with van der Waals surface area (Å²) < 4.78 is 55.2. The van der Waals surface area contributed by atoms with Crippen LogP contribution < -0.4 is 10.6 Å². The molecule has 4 aromatic rings. The largest absolute Gasteiger partial charge is 0.416 e. The fraction of sp³-hybridized carbons (Fsp3) is 0.111. The van der Waals surface area contributed by atoms with Crippen molar-refractivity contribution in [2.45, 2.75) is 18.1 Å². The number of benzene rings is 3. The molecule has 0 fully saturated rings. The number of carbonyl (C=O) groups is 1. The summed E-state index contributed by atoms with van der Waals surface area (Å²) in [6.45, 7) is 0. The zero-order valence-electron chi connectivity index (χ0n) is 18.7. The third kappa shape index (κ3) is 5.66. The van der Waals surface area contributed by atoms with Crippen molar-refractivity contribution in [1.82, 2.24) is 10.3 Å². The number of hydrogen-bond acceptors (Lipinski definition) is 2. The van der Waals surface area contributed by atoms with Gasteiger partial charge in [-0.15, -0.1) is 0 Å². The van der Waals surface area contributed by atoms with Gasteiger partial charge in [0.2, 0.25) is 0 Å². The normalized spacial score (nSPS) is 13.0. The van der Waals surface area contributed by atoms with Gasteiger partial charge in [0.1, 0.15) is 11.4 Å². The van der Waals surface area contributed by atoms with E-state index in [4.69, 9.17) is 11.6 Å². The molecular weight excluding hydrogens is 494 g/mol. The highest BCUT2D eigenvalue weighted by Crippen LogP contribution is 2.37. The number of urea groups is 1. The Bertz CT molecular complexity index is 1350. The van der Waals surface area contributed by atoms with Gasteiger partial charge in [-0.2, -0.15) is 13.2 Å². The van der Waals surface area contributed by atoms with E-state index in [9.17, 15) is 22.4 Å². The number of hydrogen-bond donors (Lipinski definition) is 2. The number of alkyl halides is 3. The molecule has 4 rings (SSSR count). The van der Waals surface area contributed by atoms with Gasteiger partial charge >= 0.3 is 12.2 Å². The lowest BCUT2D eigenvalue weighted by Gasteiger charge is -2.36. The van der Waals surface area contributed by atoms with Crippen molar-refractivity contribution >= 4 is 23.3 Å². The molecule has 0 aliphatic rings. The second kappa shape index (κ2) is 10.4. The summed E-state index contributed by atoms with van der Waals surface area (Å²) in [6, 6.07) is 21.4. The van der Waals surface area contributed by atoms with Crippen LogP contribution in [0.25, 0.3) is 0 Å². The molecule has 0 saturated carbocycles. The van der Waals surface area contributed by atoms with Crippen LogP contribution >= 0.6 is 11.6 Å². The number of pyridine rings is 1. The van der Waals surface area contributed by atoms with Crippen LogP contribution in [0.2, 0.25) is 5.02 Å². The minimum atomic E-state index is -4.61. The molecule has 1 heterocycles. The molecule has 9 heteroatoms. The lowest BCUT2D eigenvalue weighted by atomic mass is 9.80. The Kier molecular flexibility index (Phi) is 7.26. The molecule has 0 aliphatic carbocycles. The number of aromatic nitrogens is 1. The van der Waals surface area contributed by atoms with Crippen LogP contribution in [0.15, 0.2) is 97.2 Å². The van der Waals surface area contributed by atoms with Gasteiger partial charge in [0.15, 0.2) is 0 Å². The van der Waals surface area contributed by atoms with E-state index in [0.29, 0.717) is 5.02 Å². The zero-order valence-corrected chi connectivity index (χ0v) is 19.4. The third-order valence-electron chi connectivity index (χ3n) is 5.61. The lowest BCUT2D eigenvalue weighted by Crippen LogP contribution is -2.50. The predicted octanol–water partition coefficient (Wildman–Crippen LogP) is 7.20. The maximum Gasteiger partial charge on any atom is 0.416 e. The average Bonchev–Trinajstić information content (AvgIpc) is 2.86. The fourth-order valence-corrected chi connectivity index (χ4v) is 4.03. The molecule has 4 nitrogen and oxygen atoms in total. The van der Waals surface area contributed by atoms with Crippen molar-refractivity contribution in [2.75, 3.05) is 5.32 Å². The molecule has 0 spiro atoms. The van der Waals surface area contributed by atoms with Gasteiger partial charge < -0.3 is 10.6 Å². The molecule has 3 aromatic carbocycles. The second-order valence-corrected chi connectivity index (χ2v) is 8.50. The van der Waals surface area contributed by atoms with Crippen molar-refractivity contribution in [2.24, 2.45) is 0 Å². The topological polar surface area (TPSA) is 54.0 Å². The van der Waals surface area contributed by atoms with Crippen LogP contribution in [-0.2, 0) is 18.1 Å². The van der Waals surface area contributed by atoms with E-state index in [2.05, 4.69) is 15.6 Å². The molecule has 184 valence electrons. The Balaban J connectivity index is 1.88. The molecule has 1 unspecified atom stereocenters. The molecule has 0 aliphatic heterocycles. The number of para-hydroxylation sites is 1. The Morgan fingerprint density at radius 2 is 1.56 bits per heavy atom. The lowest BCUT2D eigenvalue weighted by molar-refractivity contribution is -0.137. The Morgan fingerprint density at radius 3 is 2.22 bits per heavy atom. The highest BCUT2D eigenvalue weighted by molar-refractivity contribution is 6.30. The standard InChI is InChI=1S/C27H20ClF4N3O/c28-21-13-14-24(33-17-21)26(16-18-7-2-1-3-8-18,19-9-6-10-20(15-19)27(30,31)32)35-25(36)34-23-12-5-4-11-22(23)29/h1-15,17H,16H2,(H2,34,35,36). The van der Waals surface area contributed by atoms with Gasteiger partial charge in [-0.05, 0) is 47.5 Å². The monoisotopic (exact) mass is 513 g/mol. The van der Waals surface area contributed by atoms with Gasteiger partial charge in [0.25, 0.3) is 0 Å². The molecule has 36 heavy (non-hydrogen) atoms. The van der Waals surface area contributed by atoms with Crippen LogP contribution in [0, 0.1) is 5.82 Å². The first kappa shape index (κ1) is 25.2. The molecule has 0 saturated heterocycles. The van der Waals surface area contributed by atoms with Gasteiger partial charge in [-0.1, -0.05) is 66.2 Å². The molecular formula is C27H20ClF4N3O. The van der Waals surface area contributed by atoms with Crippen LogP contribution in [0.5, 0.6) is 0 Å². The highest BCUT2D eigenvalue weighted by atomic mass is 35.5. The van der Waals surface area contributed by atoms with E-state index in [1.807, 2.05) is 0 Å². The van der Waals surface area contributed by atoms with Gasteiger partial charge in [0.05, 0.1) is 22.0 Å². The fourth-order valence-electron chi connectivity index (χ4n) is 3.92. The number of halogens is 5. The van der Waals surface area contributed by atoms with E-state index in [1.165, 1.54) is 48.7 Å². The molecule has 1 aromatic heterocycles. The van der Waals surface area contributed by atoms with Crippen LogP contribution in [0.1, 0.15) is 22.4 Å². The first-order valence-electron chi connectivity index (χ1n) is 10.8. The van der Waals surface area contributed by atoms with Crippen molar-refractivity contribution in [3.63, 3.8) is 0 Å². The number of anilines is 1. The molecule has 2 N–H and O–H groups in total. The van der Waals surface area contributed by atoms with Gasteiger partial charge in [-0.3, -0.25) is 4.98 Å². The highest BCUT2D eigenvalue weighted by Gasteiger charge is 2.40. The summed E-state index contributed by atoms with van der Waals surface area (Å²) in [6.07, 6.45) is -3.22. The molecule has 0 bridgehead atoms. The second-order valence-electron chi connectivity index (χ2n) is 8.07. The summed E-state index contributed by atoms with van der Waals surface area (Å²) in [4.78, 5) is 17.6. The van der Waals surface area contributed by atoms with E-state index in [1.54, 1.807) is 36.4 Å². The smallest absolute Gasteiger partial charge is 0.322 e. The summed E-state index contributed by atoms with van der Waals surface area (Å²) in [5.74, 6) is -0.662. The Morgan fingerprint density at radius 1 is 0.861 bits per heavy atom. The van der Waals surface area contributed by atoms with Gasteiger partial charge in [0, 0.05) is 12.6 Å². The average molecular weight is 514 g/mol. The number of nitrogens with zero attached hydrogens (tertiary/aromatic N) is 1.